The number of aliphatic hydroxyl groups is 2. The molecular formula is C13H17NO3. The molecule has 0 saturated heterocycles. The van der Waals surface area contributed by atoms with Crippen LogP contribution in [-0.2, 0) is 6.42 Å². The summed E-state index contributed by atoms with van der Waals surface area (Å²) < 4.78 is 0. The summed E-state index contributed by atoms with van der Waals surface area (Å²) >= 11 is 0. The molecule has 2 atom stereocenters. The van der Waals surface area contributed by atoms with Crippen LogP contribution >= 0.6 is 0 Å². The van der Waals surface area contributed by atoms with Gasteiger partial charge >= 0.3 is 0 Å². The minimum absolute atomic E-state index is 0.00774. The Hall–Kier alpha value is -1.23. The third-order valence-electron chi connectivity index (χ3n) is 3.23. The number of hydrogen-bond acceptors (Lipinski definition) is 4. The molecule has 2 rings (SSSR count). The zero-order chi connectivity index (χ0) is 12.4. The van der Waals surface area contributed by atoms with E-state index in [0.29, 0.717) is 17.5 Å². The maximum absolute atomic E-state index is 11.7. The van der Waals surface area contributed by atoms with Crippen LogP contribution < -0.4 is 5.73 Å². The van der Waals surface area contributed by atoms with Crippen molar-refractivity contribution in [2.45, 2.75) is 31.5 Å². The quantitative estimate of drug-likeness (QED) is 0.714. The van der Waals surface area contributed by atoms with Gasteiger partial charge in [-0.1, -0.05) is 12.1 Å². The highest BCUT2D eigenvalue weighted by atomic mass is 16.3. The average Bonchev–Trinajstić information content (AvgIpc) is 2.37. The molecule has 0 aliphatic heterocycles. The van der Waals surface area contributed by atoms with Gasteiger partial charge in [0.2, 0.25) is 0 Å². The second-order valence-corrected chi connectivity index (χ2v) is 4.44. The van der Waals surface area contributed by atoms with Gasteiger partial charge < -0.3 is 15.9 Å². The van der Waals surface area contributed by atoms with Crippen molar-refractivity contribution in [1.82, 2.24) is 0 Å². The summed E-state index contributed by atoms with van der Waals surface area (Å²) in [6, 6.07) is 5.29. The normalized spacial score (nSPS) is 18.6. The van der Waals surface area contributed by atoms with Crippen LogP contribution in [0.1, 0.15) is 40.4 Å². The topological polar surface area (TPSA) is 83.6 Å². The lowest BCUT2D eigenvalue weighted by molar-refractivity contribution is 0.0243. The fourth-order valence-corrected chi connectivity index (χ4v) is 2.18. The Kier molecular flexibility index (Phi) is 3.57. The molecule has 0 heterocycles. The summed E-state index contributed by atoms with van der Waals surface area (Å²) in [6.07, 6.45) is 0.328. The van der Waals surface area contributed by atoms with Crippen LogP contribution in [0.4, 0.5) is 0 Å². The van der Waals surface area contributed by atoms with Gasteiger partial charge in [-0.05, 0) is 30.0 Å². The van der Waals surface area contributed by atoms with Crippen molar-refractivity contribution >= 4 is 5.78 Å². The van der Waals surface area contributed by atoms with Crippen molar-refractivity contribution in [3.63, 3.8) is 0 Å². The maximum atomic E-state index is 11.7. The van der Waals surface area contributed by atoms with Crippen LogP contribution in [0.5, 0.6) is 0 Å². The molecule has 0 amide bonds. The summed E-state index contributed by atoms with van der Waals surface area (Å²) in [5.74, 6) is 0.113. The molecule has 4 nitrogen and oxygen atoms in total. The van der Waals surface area contributed by atoms with Gasteiger partial charge in [-0.3, -0.25) is 4.79 Å². The van der Waals surface area contributed by atoms with Crippen molar-refractivity contribution in [2.75, 3.05) is 6.54 Å². The van der Waals surface area contributed by atoms with Crippen LogP contribution in [0.15, 0.2) is 18.2 Å². The molecule has 1 aliphatic carbocycles. The molecule has 0 saturated carbocycles. The van der Waals surface area contributed by atoms with Crippen LogP contribution in [0.3, 0.4) is 0 Å². The van der Waals surface area contributed by atoms with E-state index in [1.807, 2.05) is 6.07 Å². The van der Waals surface area contributed by atoms with Crippen molar-refractivity contribution in [3.05, 3.63) is 34.9 Å². The van der Waals surface area contributed by atoms with Gasteiger partial charge in [0.05, 0.1) is 6.10 Å². The SMILES string of the molecule is NCC(O)C(O)c1ccc2c(c1)C(=O)CCC2. The van der Waals surface area contributed by atoms with Gasteiger partial charge in [-0.2, -0.15) is 0 Å². The highest BCUT2D eigenvalue weighted by Gasteiger charge is 2.21. The number of nitrogens with two attached hydrogens (primary N) is 1. The number of hydrogen-bond donors (Lipinski definition) is 3. The van der Waals surface area contributed by atoms with Gasteiger partial charge in [-0.15, -0.1) is 0 Å². The first kappa shape index (κ1) is 12.2. The molecule has 4 N–H and O–H groups in total. The number of carbonyl (C=O) groups excluding carboxylic acids is 1. The highest BCUT2D eigenvalue weighted by Crippen LogP contribution is 2.25. The largest absolute Gasteiger partial charge is 0.389 e. The zero-order valence-electron chi connectivity index (χ0n) is 9.60. The summed E-state index contributed by atoms with van der Waals surface area (Å²) in [4.78, 5) is 11.7. The number of Topliss-reactive ketones (excluding diaryl/α,β-unsaturated/α-hetero) is 1. The van der Waals surface area contributed by atoms with E-state index >= 15 is 0 Å². The molecule has 1 aliphatic rings. The van der Waals surface area contributed by atoms with Crippen molar-refractivity contribution in [2.24, 2.45) is 5.73 Å². The van der Waals surface area contributed by atoms with E-state index in [-0.39, 0.29) is 12.3 Å². The molecule has 0 spiro atoms. The molecule has 2 unspecified atom stereocenters. The molecule has 17 heavy (non-hydrogen) atoms. The fraction of sp³-hybridized carbons (Fsp3) is 0.462. The monoisotopic (exact) mass is 235 g/mol. The minimum atomic E-state index is -1.03. The molecule has 1 aromatic carbocycles. The number of benzene rings is 1. The predicted molar refractivity (Wildman–Crippen MR) is 63.7 cm³/mol. The molecular weight excluding hydrogens is 218 g/mol. The number of ketones is 1. The van der Waals surface area contributed by atoms with E-state index in [9.17, 15) is 15.0 Å². The molecule has 4 heteroatoms. The van der Waals surface area contributed by atoms with Crippen molar-refractivity contribution in [1.29, 1.82) is 0 Å². The third-order valence-corrected chi connectivity index (χ3v) is 3.23. The van der Waals surface area contributed by atoms with Crippen LogP contribution in [0, 0.1) is 0 Å². The van der Waals surface area contributed by atoms with Crippen LogP contribution in [-0.4, -0.2) is 28.6 Å². The Morgan fingerprint density at radius 3 is 2.76 bits per heavy atom. The lowest BCUT2D eigenvalue weighted by Crippen LogP contribution is -2.27. The van der Waals surface area contributed by atoms with Gasteiger partial charge in [0, 0.05) is 18.5 Å². The summed E-state index contributed by atoms with van der Waals surface area (Å²) in [5, 5.41) is 19.3. The second-order valence-electron chi connectivity index (χ2n) is 4.44. The van der Waals surface area contributed by atoms with Crippen molar-refractivity contribution < 1.29 is 15.0 Å². The molecule has 0 fully saturated rings. The number of aliphatic hydroxyl groups excluding tert-OH is 2. The van der Waals surface area contributed by atoms with E-state index in [4.69, 9.17) is 5.73 Å². The van der Waals surface area contributed by atoms with Gasteiger partial charge in [0.25, 0.3) is 0 Å². The lowest BCUT2D eigenvalue weighted by atomic mass is 9.88. The highest BCUT2D eigenvalue weighted by molar-refractivity contribution is 5.98. The second kappa shape index (κ2) is 4.96. The molecule has 1 aromatic rings. The molecule has 0 bridgehead atoms. The number of fused-ring (bicyclic) bond motifs is 1. The van der Waals surface area contributed by atoms with E-state index in [2.05, 4.69) is 0 Å². The minimum Gasteiger partial charge on any atom is -0.389 e. The van der Waals surface area contributed by atoms with Gasteiger partial charge in [0.15, 0.2) is 5.78 Å². The number of carbonyl (C=O) groups is 1. The summed E-state index contributed by atoms with van der Waals surface area (Å²) in [7, 11) is 0. The van der Waals surface area contributed by atoms with Gasteiger partial charge in [0.1, 0.15) is 6.10 Å². The zero-order valence-corrected chi connectivity index (χ0v) is 9.60. The van der Waals surface area contributed by atoms with E-state index in [0.717, 1.165) is 18.4 Å². The first-order valence-electron chi connectivity index (χ1n) is 5.85. The summed E-state index contributed by atoms with van der Waals surface area (Å²) in [6.45, 7) is -0.00774. The molecule has 0 aromatic heterocycles. The third kappa shape index (κ3) is 2.39. The fourth-order valence-electron chi connectivity index (χ4n) is 2.18. The Balaban J connectivity index is 2.32. The van der Waals surface area contributed by atoms with Gasteiger partial charge in [-0.25, -0.2) is 0 Å². The smallest absolute Gasteiger partial charge is 0.163 e. The first-order chi connectivity index (χ1) is 8.13. The standard InChI is InChI=1S/C13H17NO3/c14-7-12(16)13(17)9-5-4-8-2-1-3-11(15)10(8)6-9/h4-6,12-13,16-17H,1-3,7,14H2. The number of aryl methyl sites for hydroxylation is 1. The number of rotatable bonds is 3. The van der Waals surface area contributed by atoms with Crippen LogP contribution in [0.25, 0.3) is 0 Å². The van der Waals surface area contributed by atoms with E-state index in [1.54, 1.807) is 12.1 Å². The molecule has 0 radical (unpaired) electrons. The Morgan fingerprint density at radius 1 is 1.29 bits per heavy atom. The van der Waals surface area contributed by atoms with Crippen LogP contribution in [0.2, 0.25) is 0 Å². The molecule has 92 valence electrons. The Labute approximate surface area is 100 Å². The first-order valence-corrected chi connectivity index (χ1v) is 5.85. The van der Waals surface area contributed by atoms with E-state index < -0.39 is 12.2 Å². The van der Waals surface area contributed by atoms with Crippen molar-refractivity contribution in [3.8, 4) is 0 Å². The lowest BCUT2D eigenvalue weighted by Gasteiger charge is -2.20. The van der Waals surface area contributed by atoms with E-state index in [1.165, 1.54) is 0 Å². The summed E-state index contributed by atoms with van der Waals surface area (Å²) in [5.41, 5.74) is 7.56. The Bertz CT molecular complexity index is 431. The average molecular weight is 235 g/mol. The predicted octanol–water partition coefficient (Wildman–Crippen LogP) is 0.559. The Morgan fingerprint density at radius 2 is 2.06 bits per heavy atom. The maximum Gasteiger partial charge on any atom is 0.163 e.